The van der Waals surface area contributed by atoms with Crippen molar-refractivity contribution in [2.24, 2.45) is 0 Å². The summed E-state index contributed by atoms with van der Waals surface area (Å²) in [5, 5.41) is 4.33. The summed E-state index contributed by atoms with van der Waals surface area (Å²) in [6.45, 7) is 7.53. The molecule has 0 radical (unpaired) electrons. The number of nitrogens with zero attached hydrogens (tertiary/aromatic N) is 2. The minimum absolute atomic E-state index is 0.111. The van der Waals surface area contributed by atoms with Crippen LogP contribution in [0.25, 0.3) is 11.1 Å². The first kappa shape index (κ1) is 13.6. The van der Waals surface area contributed by atoms with Gasteiger partial charge in [-0.05, 0) is 26.8 Å². The average Bonchev–Trinajstić information content (AvgIpc) is 2.76. The van der Waals surface area contributed by atoms with Gasteiger partial charge in [0.1, 0.15) is 0 Å². The Morgan fingerprint density at radius 3 is 2.68 bits per heavy atom. The molecule has 1 aromatic heterocycles. The Kier molecular flexibility index (Phi) is 3.90. The molecule has 0 spiro atoms. The molecular weight excluding hydrogens is 238 g/mol. The highest BCUT2D eigenvalue weighted by Gasteiger charge is 2.10. The summed E-state index contributed by atoms with van der Waals surface area (Å²) in [7, 11) is 0. The molecule has 0 unspecified atom stereocenters. The van der Waals surface area contributed by atoms with Crippen LogP contribution >= 0.6 is 0 Å². The summed E-state index contributed by atoms with van der Waals surface area (Å²) < 4.78 is 7.57. The van der Waals surface area contributed by atoms with E-state index in [4.69, 9.17) is 10.5 Å². The van der Waals surface area contributed by atoms with Crippen molar-refractivity contribution in [2.45, 2.75) is 32.9 Å². The Morgan fingerprint density at radius 1 is 1.26 bits per heavy atom. The largest absolute Gasteiger partial charge is 0.398 e. The van der Waals surface area contributed by atoms with Crippen molar-refractivity contribution in [1.82, 2.24) is 9.78 Å². The second-order valence-electron chi connectivity index (χ2n) is 5.54. The molecule has 0 aliphatic heterocycles. The molecule has 0 amide bonds. The summed E-state index contributed by atoms with van der Waals surface area (Å²) >= 11 is 0. The fraction of sp³-hybridized carbons (Fsp3) is 0.400. The normalized spacial score (nSPS) is 11.7. The number of anilines is 1. The molecule has 0 aliphatic carbocycles. The Morgan fingerprint density at radius 2 is 2.00 bits per heavy atom. The second kappa shape index (κ2) is 5.45. The average molecular weight is 259 g/mol. The Balaban J connectivity index is 2.02. The monoisotopic (exact) mass is 259 g/mol. The Hall–Kier alpha value is -1.81. The molecule has 1 aromatic carbocycles. The fourth-order valence-corrected chi connectivity index (χ4v) is 1.83. The summed E-state index contributed by atoms with van der Waals surface area (Å²) in [4.78, 5) is 0. The Bertz CT molecular complexity index is 540. The van der Waals surface area contributed by atoms with E-state index < -0.39 is 0 Å². The van der Waals surface area contributed by atoms with Crippen LogP contribution in [0.15, 0.2) is 36.7 Å². The topological polar surface area (TPSA) is 53.1 Å². The van der Waals surface area contributed by atoms with E-state index in [1.54, 1.807) is 0 Å². The molecular formula is C15H21N3O. The van der Waals surface area contributed by atoms with E-state index in [0.717, 1.165) is 23.4 Å². The van der Waals surface area contributed by atoms with E-state index in [2.05, 4.69) is 5.10 Å². The molecule has 0 atom stereocenters. The molecule has 0 fully saturated rings. The zero-order chi connectivity index (χ0) is 13.9. The Labute approximate surface area is 114 Å². The number of para-hydroxylation sites is 1. The maximum absolute atomic E-state index is 5.96. The van der Waals surface area contributed by atoms with Gasteiger partial charge in [-0.2, -0.15) is 5.10 Å². The maximum atomic E-state index is 5.96. The number of rotatable bonds is 4. The van der Waals surface area contributed by atoms with Gasteiger partial charge in [0.15, 0.2) is 0 Å². The molecule has 2 N–H and O–H groups in total. The van der Waals surface area contributed by atoms with Crippen molar-refractivity contribution < 1.29 is 4.74 Å². The molecule has 2 rings (SSSR count). The third-order valence-electron chi connectivity index (χ3n) is 2.76. The number of ether oxygens (including phenoxy) is 1. The molecule has 19 heavy (non-hydrogen) atoms. The van der Waals surface area contributed by atoms with Gasteiger partial charge in [0.2, 0.25) is 0 Å². The molecule has 0 saturated heterocycles. The van der Waals surface area contributed by atoms with Gasteiger partial charge in [-0.3, -0.25) is 4.68 Å². The van der Waals surface area contributed by atoms with Crippen LogP contribution in [0, 0.1) is 0 Å². The third-order valence-corrected chi connectivity index (χ3v) is 2.76. The van der Waals surface area contributed by atoms with Crippen LogP contribution in [0.1, 0.15) is 20.8 Å². The summed E-state index contributed by atoms with van der Waals surface area (Å²) in [5.74, 6) is 0. The minimum atomic E-state index is -0.111. The second-order valence-corrected chi connectivity index (χ2v) is 5.54. The van der Waals surface area contributed by atoms with Gasteiger partial charge in [0.05, 0.1) is 24.9 Å². The lowest BCUT2D eigenvalue weighted by molar-refractivity contribution is -0.00788. The molecule has 102 valence electrons. The van der Waals surface area contributed by atoms with Gasteiger partial charge < -0.3 is 10.5 Å². The SMILES string of the molecule is CC(C)(C)OCCn1cc(-c2ccccc2N)cn1. The van der Waals surface area contributed by atoms with Crippen molar-refractivity contribution in [3.8, 4) is 11.1 Å². The van der Waals surface area contributed by atoms with Crippen LogP contribution in [-0.2, 0) is 11.3 Å². The number of hydrogen-bond donors (Lipinski definition) is 1. The van der Waals surface area contributed by atoms with Crippen LogP contribution < -0.4 is 5.73 Å². The van der Waals surface area contributed by atoms with Gasteiger partial charge in [-0.1, -0.05) is 18.2 Å². The van der Waals surface area contributed by atoms with Crippen LogP contribution in [0.4, 0.5) is 5.69 Å². The highest BCUT2D eigenvalue weighted by Crippen LogP contribution is 2.24. The minimum Gasteiger partial charge on any atom is -0.398 e. The zero-order valence-corrected chi connectivity index (χ0v) is 11.8. The summed E-state index contributed by atoms with van der Waals surface area (Å²) in [5.41, 5.74) is 8.67. The van der Waals surface area contributed by atoms with E-state index in [-0.39, 0.29) is 5.60 Å². The first-order valence-corrected chi connectivity index (χ1v) is 6.47. The van der Waals surface area contributed by atoms with Crippen LogP contribution in [0.3, 0.4) is 0 Å². The number of aromatic nitrogens is 2. The third kappa shape index (κ3) is 3.83. The molecule has 0 bridgehead atoms. The lowest BCUT2D eigenvalue weighted by Crippen LogP contribution is -2.21. The smallest absolute Gasteiger partial charge is 0.0669 e. The lowest BCUT2D eigenvalue weighted by Gasteiger charge is -2.19. The van der Waals surface area contributed by atoms with E-state index in [9.17, 15) is 0 Å². The van der Waals surface area contributed by atoms with Crippen molar-refractivity contribution in [3.63, 3.8) is 0 Å². The van der Waals surface area contributed by atoms with Crippen molar-refractivity contribution in [3.05, 3.63) is 36.7 Å². The maximum Gasteiger partial charge on any atom is 0.0669 e. The van der Waals surface area contributed by atoms with E-state index in [1.165, 1.54) is 0 Å². The van der Waals surface area contributed by atoms with Crippen molar-refractivity contribution in [1.29, 1.82) is 0 Å². The van der Waals surface area contributed by atoms with Crippen LogP contribution in [0.5, 0.6) is 0 Å². The molecule has 0 aliphatic rings. The highest BCUT2D eigenvalue weighted by molar-refractivity contribution is 5.75. The van der Waals surface area contributed by atoms with Gasteiger partial charge in [0, 0.05) is 23.0 Å². The standard InChI is InChI=1S/C15H21N3O/c1-15(2,3)19-9-8-18-11-12(10-17-18)13-6-4-5-7-14(13)16/h4-7,10-11H,8-9,16H2,1-3H3. The summed E-state index contributed by atoms with van der Waals surface area (Å²) in [6.07, 6.45) is 3.83. The lowest BCUT2D eigenvalue weighted by atomic mass is 10.1. The number of benzene rings is 1. The molecule has 1 heterocycles. The van der Waals surface area contributed by atoms with Gasteiger partial charge >= 0.3 is 0 Å². The molecule has 0 saturated carbocycles. The first-order valence-electron chi connectivity index (χ1n) is 6.47. The molecule has 2 aromatic rings. The van der Waals surface area contributed by atoms with Crippen LogP contribution in [-0.4, -0.2) is 22.0 Å². The van der Waals surface area contributed by atoms with E-state index in [0.29, 0.717) is 6.61 Å². The molecule has 4 nitrogen and oxygen atoms in total. The van der Waals surface area contributed by atoms with Crippen LogP contribution in [0.2, 0.25) is 0 Å². The predicted molar refractivity (Wildman–Crippen MR) is 77.8 cm³/mol. The van der Waals surface area contributed by atoms with Gasteiger partial charge in [0.25, 0.3) is 0 Å². The quantitative estimate of drug-likeness (QED) is 0.859. The van der Waals surface area contributed by atoms with E-state index >= 15 is 0 Å². The number of nitrogen functional groups attached to an aromatic ring is 1. The van der Waals surface area contributed by atoms with Gasteiger partial charge in [-0.25, -0.2) is 0 Å². The predicted octanol–water partition coefficient (Wildman–Crippen LogP) is 2.95. The van der Waals surface area contributed by atoms with Gasteiger partial charge in [-0.15, -0.1) is 0 Å². The number of nitrogens with two attached hydrogens (primary N) is 1. The summed E-state index contributed by atoms with van der Waals surface area (Å²) in [6, 6.07) is 7.81. The van der Waals surface area contributed by atoms with Crippen molar-refractivity contribution in [2.75, 3.05) is 12.3 Å². The fourth-order valence-electron chi connectivity index (χ4n) is 1.83. The molecule has 4 heteroatoms. The van der Waals surface area contributed by atoms with E-state index in [1.807, 2.05) is 62.1 Å². The highest BCUT2D eigenvalue weighted by atomic mass is 16.5. The zero-order valence-electron chi connectivity index (χ0n) is 11.8. The van der Waals surface area contributed by atoms with Crippen molar-refractivity contribution >= 4 is 5.69 Å². The number of hydrogen-bond acceptors (Lipinski definition) is 3. The first-order chi connectivity index (χ1) is 8.96.